The summed E-state index contributed by atoms with van der Waals surface area (Å²) < 4.78 is 0. The smallest absolute Gasteiger partial charge is 0.178 e. The average Bonchev–Trinajstić information content (AvgIpc) is 2.26. The molecule has 2 aromatic rings. The molecule has 2 rings (SSSR count). The first-order valence-corrected chi connectivity index (χ1v) is 5.21. The summed E-state index contributed by atoms with van der Waals surface area (Å²) in [5, 5.41) is 0.869. The van der Waals surface area contributed by atoms with Crippen LogP contribution in [0.15, 0.2) is 30.3 Å². The minimum atomic E-state index is -0.0571. The van der Waals surface area contributed by atoms with Crippen LogP contribution in [-0.2, 0) is 0 Å². The molecular formula is C12H10ClNO. The van der Waals surface area contributed by atoms with Crippen molar-refractivity contribution in [3.63, 3.8) is 0 Å². The number of aryl methyl sites for hydroxylation is 1. The number of rotatable bonds is 2. The highest BCUT2D eigenvalue weighted by Crippen LogP contribution is 2.18. The number of carbonyl (C=O) groups is 1. The van der Waals surface area contributed by atoms with E-state index >= 15 is 0 Å². The Hall–Kier alpha value is -1.41. The van der Waals surface area contributed by atoms with Crippen molar-refractivity contribution < 1.29 is 4.79 Å². The highest BCUT2D eigenvalue weighted by molar-refractivity contribution is 6.31. The van der Waals surface area contributed by atoms with Crippen LogP contribution in [0.5, 0.6) is 0 Å². The third-order valence-corrected chi connectivity index (χ3v) is 2.51. The number of halogens is 1. The zero-order valence-corrected chi connectivity index (χ0v) is 9.08. The Balaban J connectivity index is 2.76. The number of pyridine rings is 1. The molecule has 1 aromatic heterocycles. The summed E-state index contributed by atoms with van der Waals surface area (Å²) in [6.45, 7) is 1.87. The van der Waals surface area contributed by atoms with Crippen molar-refractivity contribution in [3.05, 3.63) is 41.6 Å². The fraction of sp³-hybridized carbons (Fsp3) is 0.167. The molecule has 0 radical (unpaired) electrons. The largest absolute Gasteiger partial charge is 0.293 e. The lowest BCUT2D eigenvalue weighted by molar-refractivity contribution is 0.102. The second-order valence-corrected chi connectivity index (χ2v) is 3.65. The fourth-order valence-corrected chi connectivity index (χ4v) is 1.75. The van der Waals surface area contributed by atoms with E-state index in [9.17, 15) is 4.79 Å². The van der Waals surface area contributed by atoms with Crippen LogP contribution >= 0.6 is 11.6 Å². The average molecular weight is 220 g/mol. The molecule has 0 aliphatic carbocycles. The molecular weight excluding hydrogens is 210 g/mol. The monoisotopic (exact) mass is 219 g/mol. The normalized spacial score (nSPS) is 10.5. The molecule has 0 amide bonds. The number of para-hydroxylation sites is 1. The number of nitrogens with zero attached hydrogens (tertiary/aromatic N) is 1. The van der Waals surface area contributed by atoms with Gasteiger partial charge in [-0.15, -0.1) is 11.6 Å². The predicted octanol–water partition coefficient (Wildman–Crippen LogP) is 2.96. The summed E-state index contributed by atoms with van der Waals surface area (Å²) in [6.07, 6.45) is 0. The van der Waals surface area contributed by atoms with Gasteiger partial charge >= 0.3 is 0 Å². The summed E-state index contributed by atoms with van der Waals surface area (Å²) >= 11 is 5.57. The highest BCUT2D eigenvalue weighted by atomic mass is 35.5. The predicted molar refractivity (Wildman–Crippen MR) is 61.5 cm³/mol. The second-order valence-electron chi connectivity index (χ2n) is 3.39. The van der Waals surface area contributed by atoms with E-state index in [-0.39, 0.29) is 11.7 Å². The molecule has 0 aliphatic heterocycles. The van der Waals surface area contributed by atoms with Crippen molar-refractivity contribution in [1.82, 2.24) is 4.98 Å². The van der Waals surface area contributed by atoms with Crippen molar-refractivity contribution in [2.75, 3.05) is 5.88 Å². The Kier molecular flexibility index (Phi) is 2.69. The number of hydrogen-bond donors (Lipinski definition) is 0. The van der Waals surface area contributed by atoms with Crippen molar-refractivity contribution in [3.8, 4) is 0 Å². The molecule has 0 spiro atoms. The number of benzene rings is 1. The van der Waals surface area contributed by atoms with Gasteiger partial charge in [0.15, 0.2) is 5.78 Å². The molecule has 0 aliphatic rings. The van der Waals surface area contributed by atoms with Gasteiger partial charge in [0.05, 0.1) is 11.4 Å². The minimum absolute atomic E-state index is 0.00739. The fourth-order valence-electron chi connectivity index (χ4n) is 1.61. The van der Waals surface area contributed by atoms with Crippen molar-refractivity contribution in [1.29, 1.82) is 0 Å². The van der Waals surface area contributed by atoms with Gasteiger partial charge in [0.2, 0.25) is 0 Å². The van der Waals surface area contributed by atoms with E-state index in [0.717, 1.165) is 16.6 Å². The van der Waals surface area contributed by atoms with Gasteiger partial charge in [-0.3, -0.25) is 9.78 Å². The van der Waals surface area contributed by atoms with E-state index in [1.807, 2.05) is 31.2 Å². The zero-order valence-electron chi connectivity index (χ0n) is 8.33. The first kappa shape index (κ1) is 10.1. The number of hydrogen-bond acceptors (Lipinski definition) is 2. The Labute approximate surface area is 92.9 Å². The SMILES string of the molecule is Cc1cc(C(=O)CCl)c2ccccc2n1. The molecule has 0 saturated carbocycles. The van der Waals surface area contributed by atoms with Gasteiger partial charge in [-0.25, -0.2) is 0 Å². The third kappa shape index (κ3) is 1.85. The minimum Gasteiger partial charge on any atom is -0.293 e. The summed E-state index contributed by atoms with van der Waals surface area (Å²) in [7, 11) is 0. The molecule has 15 heavy (non-hydrogen) atoms. The summed E-state index contributed by atoms with van der Waals surface area (Å²) in [5.74, 6) is -0.0497. The number of alkyl halides is 1. The quantitative estimate of drug-likeness (QED) is 0.574. The van der Waals surface area contributed by atoms with Gasteiger partial charge in [-0.05, 0) is 19.1 Å². The molecule has 0 bridgehead atoms. The molecule has 0 saturated heterocycles. The topological polar surface area (TPSA) is 30.0 Å². The standard InChI is InChI=1S/C12H10ClNO/c1-8-6-10(12(15)7-13)9-4-2-3-5-11(9)14-8/h2-6H,7H2,1H3. The molecule has 1 aromatic carbocycles. The molecule has 76 valence electrons. The van der Waals surface area contributed by atoms with Gasteiger partial charge in [-0.1, -0.05) is 18.2 Å². The Morgan fingerprint density at radius 1 is 1.40 bits per heavy atom. The van der Waals surface area contributed by atoms with E-state index in [1.165, 1.54) is 0 Å². The van der Waals surface area contributed by atoms with Crippen LogP contribution in [0, 0.1) is 6.92 Å². The van der Waals surface area contributed by atoms with Crippen LogP contribution in [0.1, 0.15) is 16.1 Å². The van der Waals surface area contributed by atoms with E-state index in [1.54, 1.807) is 6.07 Å². The highest BCUT2D eigenvalue weighted by Gasteiger charge is 2.09. The van der Waals surface area contributed by atoms with Crippen LogP contribution in [0.2, 0.25) is 0 Å². The molecule has 0 unspecified atom stereocenters. The maximum atomic E-state index is 11.6. The number of fused-ring (bicyclic) bond motifs is 1. The van der Waals surface area contributed by atoms with Gasteiger partial charge in [-0.2, -0.15) is 0 Å². The second kappa shape index (κ2) is 3.99. The Morgan fingerprint density at radius 2 is 2.13 bits per heavy atom. The first-order chi connectivity index (χ1) is 7.22. The first-order valence-electron chi connectivity index (χ1n) is 4.68. The lowest BCUT2D eigenvalue weighted by Crippen LogP contribution is -2.03. The van der Waals surface area contributed by atoms with Gasteiger partial charge < -0.3 is 0 Å². The van der Waals surface area contributed by atoms with Crippen molar-refractivity contribution >= 4 is 28.3 Å². The Bertz CT molecular complexity index is 522. The summed E-state index contributed by atoms with van der Waals surface area (Å²) in [5.41, 5.74) is 2.33. The molecule has 0 atom stereocenters. The van der Waals surface area contributed by atoms with Crippen molar-refractivity contribution in [2.45, 2.75) is 6.92 Å². The van der Waals surface area contributed by atoms with Crippen LogP contribution < -0.4 is 0 Å². The van der Waals surface area contributed by atoms with E-state index in [2.05, 4.69) is 4.98 Å². The molecule has 0 N–H and O–H groups in total. The summed E-state index contributed by atoms with van der Waals surface area (Å²) in [6, 6.07) is 9.37. The Morgan fingerprint density at radius 3 is 2.87 bits per heavy atom. The van der Waals surface area contributed by atoms with Gasteiger partial charge in [0.1, 0.15) is 0 Å². The molecule has 0 fully saturated rings. The van der Waals surface area contributed by atoms with Crippen molar-refractivity contribution in [2.24, 2.45) is 0 Å². The van der Waals surface area contributed by atoms with Crippen LogP contribution in [-0.4, -0.2) is 16.6 Å². The molecule has 3 heteroatoms. The van der Waals surface area contributed by atoms with E-state index in [0.29, 0.717) is 5.56 Å². The summed E-state index contributed by atoms with van der Waals surface area (Å²) in [4.78, 5) is 16.0. The van der Waals surface area contributed by atoms with Gasteiger partial charge in [0, 0.05) is 16.6 Å². The van der Waals surface area contributed by atoms with Crippen LogP contribution in [0.25, 0.3) is 10.9 Å². The van der Waals surface area contributed by atoms with Crippen LogP contribution in [0.3, 0.4) is 0 Å². The number of aromatic nitrogens is 1. The number of carbonyl (C=O) groups excluding carboxylic acids is 1. The molecule has 2 nitrogen and oxygen atoms in total. The lowest BCUT2D eigenvalue weighted by atomic mass is 10.1. The zero-order chi connectivity index (χ0) is 10.8. The van der Waals surface area contributed by atoms with Crippen LogP contribution in [0.4, 0.5) is 0 Å². The maximum absolute atomic E-state index is 11.6. The van der Waals surface area contributed by atoms with E-state index < -0.39 is 0 Å². The number of Topliss-reactive ketones (excluding diaryl/α,β-unsaturated/α-hetero) is 1. The van der Waals surface area contributed by atoms with Gasteiger partial charge in [0.25, 0.3) is 0 Å². The lowest BCUT2D eigenvalue weighted by Gasteiger charge is -2.04. The number of ketones is 1. The third-order valence-electron chi connectivity index (χ3n) is 2.27. The molecule has 1 heterocycles. The maximum Gasteiger partial charge on any atom is 0.178 e. The van der Waals surface area contributed by atoms with E-state index in [4.69, 9.17) is 11.6 Å².